The fraction of sp³-hybridized carbons (Fsp3) is 0.217. The highest BCUT2D eigenvalue weighted by molar-refractivity contribution is 5.96. The number of amides is 2. The highest BCUT2D eigenvalue weighted by atomic mass is 16.5. The van der Waals surface area contributed by atoms with E-state index in [9.17, 15) is 9.59 Å². The molecule has 0 spiro atoms. The molecule has 1 aliphatic heterocycles. The molecule has 3 aromatic rings. The molecule has 142 valence electrons. The molecule has 1 fully saturated rings. The molecular formula is C23H22N2O3. The minimum absolute atomic E-state index is 0.0278. The molecule has 1 heterocycles. The van der Waals surface area contributed by atoms with Gasteiger partial charge in [0, 0.05) is 12.1 Å². The Kier molecular flexibility index (Phi) is 4.98. The molecule has 5 nitrogen and oxygen atoms in total. The molecule has 28 heavy (non-hydrogen) atoms. The van der Waals surface area contributed by atoms with E-state index >= 15 is 0 Å². The Morgan fingerprint density at radius 1 is 1.04 bits per heavy atom. The predicted molar refractivity (Wildman–Crippen MR) is 108 cm³/mol. The van der Waals surface area contributed by atoms with Gasteiger partial charge in [0.1, 0.15) is 5.75 Å². The summed E-state index contributed by atoms with van der Waals surface area (Å²) in [5.74, 6) is -0.113. The SMILES string of the molecule is NC(=O)COc1cccc(C(=O)N2CCCC2c2cccc3ccccc23)c1. The first-order valence-corrected chi connectivity index (χ1v) is 9.43. The Balaban J connectivity index is 1.62. The average molecular weight is 374 g/mol. The third-order valence-electron chi connectivity index (χ3n) is 5.16. The number of fused-ring (bicyclic) bond motifs is 1. The first kappa shape index (κ1) is 18.0. The van der Waals surface area contributed by atoms with Crippen molar-refractivity contribution in [2.45, 2.75) is 18.9 Å². The molecule has 3 aromatic carbocycles. The second kappa shape index (κ2) is 7.72. The van der Waals surface area contributed by atoms with E-state index in [4.69, 9.17) is 10.5 Å². The Morgan fingerprint density at radius 3 is 2.68 bits per heavy atom. The molecule has 0 radical (unpaired) electrons. The van der Waals surface area contributed by atoms with Crippen molar-refractivity contribution in [3.05, 3.63) is 77.9 Å². The van der Waals surface area contributed by atoms with E-state index in [1.165, 1.54) is 16.3 Å². The van der Waals surface area contributed by atoms with Crippen LogP contribution in [0.4, 0.5) is 0 Å². The largest absolute Gasteiger partial charge is 0.484 e. The summed E-state index contributed by atoms with van der Waals surface area (Å²) in [5, 5.41) is 2.37. The zero-order chi connectivity index (χ0) is 19.5. The summed E-state index contributed by atoms with van der Waals surface area (Å²) in [4.78, 5) is 26.1. The first-order chi connectivity index (χ1) is 13.6. The minimum Gasteiger partial charge on any atom is -0.484 e. The van der Waals surface area contributed by atoms with Crippen molar-refractivity contribution < 1.29 is 14.3 Å². The van der Waals surface area contributed by atoms with Gasteiger partial charge in [-0.1, -0.05) is 48.5 Å². The van der Waals surface area contributed by atoms with Gasteiger partial charge in [0.15, 0.2) is 6.61 Å². The second-order valence-electron chi connectivity index (χ2n) is 7.01. The first-order valence-electron chi connectivity index (χ1n) is 9.43. The lowest BCUT2D eigenvalue weighted by atomic mass is 9.97. The fourth-order valence-electron chi connectivity index (χ4n) is 3.91. The van der Waals surface area contributed by atoms with E-state index in [1.807, 2.05) is 17.0 Å². The van der Waals surface area contributed by atoms with Crippen LogP contribution in [-0.2, 0) is 4.79 Å². The Bertz CT molecular complexity index is 1030. The monoisotopic (exact) mass is 374 g/mol. The summed E-state index contributed by atoms with van der Waals surface area (Å²) in [6.07, 6.45) is 1.91. The van der Waals surface area contributed by atoms with Crippen molar-refractivity contribution in [3.8, 4) is 5.75 Å². The van der Waals surface area contributed by atoms with E-state index in [0.717, 1.165) is 19.4 Å². The van der Waals surface area contributed by atoms with Gasteiger partial charge in [-0.15, -0.1) is 0 Å². The van der Waals surface area contributed by atoms with E-state index in [0.29, 0.717) is 11.3 Å². The van der Waals surface area contributed by atoms with Crippen molar-refractivity contribution in [1.82, 2.24) is 4.90 Å². The Morgan fingerprint density at radius 2 is 1.82 bits per heavy atom. The number of nitrogens with zero attached hydrogens (tertiary/aromatic N) is 1. The van der Waals surface area contributed by atoms with Gasteiger partial charge in [0.25, 0.3) is 11.8 Å². The second-order valence-corrected chi connectivity index (χ2v) is 7.01. The maximum Gasteiger partial charge on any atom is 0.255 e. The number of ether oxygens (including phenoxy) is 1. The van der Waals surface area contributed by atoms with Crippen LogP contribution in [0.15, 0.2) is 66.7 Å². The highest BCUT2D eigenvalue weighted by Gasteiger charge is 2.31. The number of hydrogen-bond acceptors (Lipinski definition) is 3. The number of likely N-dealkylation sites (tertiary alicyclic amines) is 1. The third-order valence-corrected chi connectivity index (χ3v) is 5.16. The van der Waals surface area contributed by atoms with Gasteiger partial charge < -0.3 is 15.4 Å². The third kappa shape index (κ3) is 3.56. The van der Waals surface area contributed by atoms with E-state index < -0.39 is 5.91 Å². The van der Waals surface area contributed by atoms with Crippen LogP contribution in [0.25, 0.3) is 10.8 Å². The van der Waals surface area contributed by atoms with Crippen LogP contribution in [0.2, 0.25) is 0 Å². The van der Waals surface area contributed by atoms with Gasteiger partial charge in [-0.25, -0.2) is 0 Å². The predicted octanol–water partition coefficient (Wildman–Crippen LogP) is 3.68. The standard InChI is InChI=1S/C23H22N2O3/c24-22(26)15-28-18-9-3-8-17(14-18)23(27)25-13-5-12-21(25)20-11-4-7-16-6-1-2-10-19(16)20/h1-4,6-11,14,21H,5,12-13,15H2,(H2,24,26). The lowest BCUT2D eigenvalue weighted by Crippen LogP contribution is -2.30. The summed E-state index contributed by atoms with van der Waals surface area (Å²) in [6.45, 7) is 0.513. The zero-order valence-corrected chi connectivity index (χ0v) is 15.5. The molecule has 2 N–H and O–H groups in total. The van der Waals surface area contributed by atoms with Crippen LogP contribution in [0.5, 0.6) is 5.75 Å². The van der Waals surface area contributed by atoms with Crippen molar-refractivity contribution in [2.24, 2.45) is 5.73 Å². The quantitative estimate of drug-likeness (QED) is 0.740. The van der Waals surface area contributed by atoms with Gasteiger partial charge in [-0.3, -0.25) is 9.59 Å². The van der Waals surface area contributed by atoms with Gasteiger partial charge in [0.2, 0.25) is 0 Å². The van der Waals surface area contributed by atoms with Gasteiger partial charge in [-0.05, 0) is 47.4 Å². The smallest absolute Gasteiger partial charge is 0.255 e. The molecular weight excluding hydrogens is 352 g/mol. The summed E-state index contributed by atoms with van der Waals surface area (Å²) in [7, 11) is 0. The molecule has 1 unspecified atom stereocenters. The van der Waals surface area contributed by atoms with Gasteiger partial charge in [0.05, 0.1) is 6.04 Å². The van der Waals surface area contributed by atoms with Crippen molar-refractivity contribution in [3.63, 3.8) is 0 Å². The lowest BCUT2D eigenvalue weighted by molar-refractivity contribution is -0.119. The molecule has 2 amide bonds. The fourth-order valence-corrected chi connectivity index (χ4v) is 3.91. The van der Waals surface area contributed by atoms with Gasteiger partial charge >= 0.3 is 0 Å². The van der Waals surface area contributed by atoms with E-state index in [-0.39, 0.29) is 18.6 Å². The van der Waals surface area contributed by atoms with Gasteiger partial charge in [-0.2, -0.15) is 0 Å². The van der Waals surface area contributed by atoms with E-state index in [1.54, 1.807) is 24.3 Å². The number of rotatable bonds is 5. The van der Waals surface area contributed by atoms with Crippen LogP contribution < -0.4 is 10.5 Å². The normalized spacial score (nSPS) is 16.3. The maximum absolute atomic E-state index is 13.2. The summed E-state index contributed by atoms with van der Waals surface area (Å²) in [5.41, 5.74) is 6.86. The molecule has 0 aromatic heterocycles. The van der Waals surface area contributed by atoms with Crippen LogP contribution in [0.1, 0.15) is 34.8 Å². The zero-order valence-electron chi connectivity index (χ0n) is 15.5. The maximum atomic E-state index is 13.2. The number of carbonyl (C=O) groups excluding carboxylic acids is 2. The van der Waals surface area contributed by atoms with Crippen molar-refractivity contribution in [2.75, 3.05) is 13.2 Å². The average Bonchev–Trinajstić information content (AvgIpc) is 3.21. The van der Waals surface area contributed by atoms with Crippen LogP contribution in [-0.4, -0.2) is 29.9 Å². The summed E-state index contributed by atoms with van der Waals surface area (Å²) in [6, 6.07) is 21.5. The highest BCUT2D eigenvalue weighted by Crippen LogP contribution is 2.37. The molecule has 0 saturated carbocycles. The Labute approximate surface area is 163 Å². The van der Waals surface area contributed by atoms with Crippen molar-refractivity contribution in [1.29, 1.82) is 0 Å². The molecule has 1 aliphatic rings. The lowest BCUT2D eigenvalue weighted by Gasteiger charge is -2.26. The number of carbonyl (C=O) groups is 2. The number of benzene rings is 3. The number of nitrogens with two attached hydrogens (primary N) is 1. The topological polar surface area (TPSA) is 72.6 Å². The molecule has 0 aliphatic carbocycles. The molecule has 4 rings (SSSR count). The summed E-state index contributed by atoms with van der Waals surface area (Å²) < 4.78 is 5.34. The minimum atomic E-state index is -0.549. The number of primary amides is 1. The molecule has 1 atom stereocenters. The van der Waals surface area contributed by atoms with Crippen LogP contribution in [0, 0.1) is 0 Å². The summed E-state index contributed by atoms with van der Waals surface area (Å²) >= 11 is 0. The Hall–Kier alpha value is -3.34. The molecule has 0 bridgehead atoms. The molecule has 5 heteroatoms. The van der Waals surface area contributed by atoms with E-state index in [2.05, 4.69) is 30.3 Å². The molecule has 1 saturated heterocycles. The van der Waals surface area contributed by atoms with Crippen molar-refractivity contribution >= 4 is 22.6 Å². The van der Waals surface area contributed by atoms with Crippen LogP contribution >= 0.6 is 0 Å². The van der Waals surface area contributed by atoms with Crippen LogP contribution in [0.3, 0.4) is 0 Å². The number of hydrogen-bond donors (Lipinski definition) is 1.